The van der Waals surface area contributed by atoms with Crippen LogP contribution in [0.1, 0.15) is 61.7 Å². The summed E-state index contributed by atoms with van der Waals surface area (Å²) >= 11 is 0. The lowest BCUT2D eigenvalue weighted by molar-refractivity contribution is -0.124. The molecule has 2 saturated heterocycles. The van der Waals surface area contributed by atoms with Crippen LogP contribution in [0.3, 0.4) is 0 Å². The van der Waals surface area contributed by atoms with Gasteiger partial charge in [-0.15, -0.1) is 0 Å². The summed E-state index contributed by atoms with van der Waals surface area (Å²) < 4.78 is 49.4. The quantitative estimate of drug-likeness (QED) is 0.163. The summed E-state index contributed by atoms with van der Waals surface area (Å²) in [4.78, 5) is 46.8. The number of piperazine rings is 1. The van der Waals surface area contributed by atoms with E-state index in [2.05, 4.69) is 41.9 Å². The highest BCUT2D eigenvalue weighted by molar-refractivity contribution is 6.07. The summed E-state index contributed by atoms with van der Waals surface area (Å²) in [5.74, 6) is -3.73. The zero-order chi connectivity index (χ0) is 40.0. The average molecular weight is 781 g/mol. The van der Waals surface area contributed by atoms with Crippen LogP contribution in [0, 0.1) is 24.4 Å². The highest BCUT2D eigenvalue weighted by Gasteiger charge is 2.31. The van der Waals surface area contributed by atoms with Crippen molar-refractivity contribution in [1.82, 2.24) is 29.5 Å². The van der Waals surface area contributed by atoms with Gasteiger partial charge in [-0.1, -0.05) is 0 Å². The third-order valence-corrected chi connectivity index (χ3v) is 11.2. The molecule has 5 heterocycles. The van der Waals surface area contributed by atoms with E-state index in [1.54, 1.807) is 22.5 Å². The molecular formula is C41H43F3N10O3. The van der Waals surface area contributed by atoms with Crippen LogP contribution in [0.5, 0.6) is 0 Å². The van der Waals surface area contributed by atoms with Crippen molar-refractivity contribution in [3.63, 3.8) is 0 Å². The maximum absolute atomic E-state index is 16.0. The largest absolute Gasteiger partial charge is 0.369 e. The molecule has 57 heavy (non-hydrogen) atoms. The van der Waals surface area contributed by atoms with Crippen LogP contribution in [0.25, 0.3) is 11.3 Å². The summed E-state index contributed by atoms with van der Waals surface area (Å²) in [5.41, 5.74) is 9.56. The Labute approximate surface area is 327 Å². The molecule has 0 spiro atoms. The van der Waals surface area contributed by atoms with Crippen LogP contribution in [-0.2, 0) is 31.2 Å². The minimum absolute atomic E-state index is 0.0464. The smallest absolute Gasteiger partial charge is 0.257 e. The van der Waals surface area contributed by atoms with Gasteiger partial charge < -0.3 is 31.2 Å². The molecule has 0 bridgehead atoms. The Balaban J connectivity index is 0.924. The van der Waals surface area contributed by atoms with Gasteiger partial charge >= 0.3 is 0 Å². The van der Waals surface area contributed by atoms with Gasteiger partial charge in [-0.25, -0.2) is 22.8 Å². The number of amides is 3. The summed E-state index contributed by atoms with van der Waals surface area (Å²) in [6.45, 7) is 6.13. The van der Waals surface area contributed by atoms with Gasteiger partial charge in [0.25, 0.3) is 11.8 Å². The van der Waals surface area contributed by atoms with Gasteiger partial charge in [0.15, 0.2) is 5.82 Å². The summed E-state index contributed by atoms with van der Waals surface area (Å²) in [6.07, 6.45) is 5.36. The maximum atomic E-state index is 16.0. The normalized spacial score (nSPS) is 17.0. The molecule has 5 aromatic rings. The van der Waals surface area contributed by atoms with Crippen molar-refractivity contribution in [1.29, 1.82) is 0 Å². The Morgan fingerprint density at radius 1 is 1.02 bits per heavy atom. The predicted molar refractivity (Wildman–Crippen MR) is 209 cm³/mol. The van der Waals surface area contributed by atoms with Crippen LogP contribution in [0.4, 0.5) is 36.2 Å². The first-order chi connectivity index (χ1) is 27.4. The van der Waals surface area contributed by atoms with E-state index in [0.29, 0.717) is 62.5 Å². The molecule has 0 saturated carbocycles. The molecule has 1 atom stereocenters. The Bertz CT molecular complexity index is 2380. The van der Waals surface area contributed by atoms with Crippen molar-refractivity contribution >= 4 is 40.7 Å². The number of piperidine rings is 1. The first-order valence-electron chi connectivity index (χ1n) is 19.1. The number of rotatable bonds is 9. The first-order valence-corrected chi connectivity index (χ1v) is 19.1. The second-order valence-corrected chi connectivity index (χ2v) is 14.9. The van der Waals surface area contributed by atoms with E-state index in [9.17, 15) is 14.4 Å². The van der Waals surface area contributed by atoms with Crippen molar-refractivity contribution in [2.75, 3.05) is 54.8 Å². The number of primary amides is 1. The molecule has 2 aromatic heterocycles. The van der Waals surface area contributed by atoms with Gasteiger partial charge in [0.05, 0.1) is 12.2 Å². The predicted octanol–water partition coefficient (Wildman–Crippen LogP) is 5.02. The van der Waals surface area contributed by atoms with Crippen LogP contribution < -0.4 is 26.6 Å². The number of hydrogen-bond donors (Lipinski definition) is 4. The number of nitrogens with one attached hydrogen (secondary N) is 3. The van der Waals surface area contributed by atoms with Crippen LogP contribution in [0.15, 0.2) is 55.0 Å². The van der Waals surface area contributed by atoms with Crippen molar-refractivity contribution in [2.24, 2.45) is 12.8 Å². The number of anilines is 4. The molecular weight excluding hydrogens is 738 g/mol. The molecule has 5 N–H and O–H groups in total. The Hall–Kier alpha value is -6.16. The molecule has 0 unspecified atom stereocenters. The van der Waals surface area contributed by atoms with Crippen LogP contribution >= 0.6 is 0 Å². The fraction of sp³-hybridized carbons (Fsp3) is 0.341. The fourth-order valence-electron chi connectivity index (χ4n) is 8.09. The lowest BCUT2D eigenvalue weighted by Crippen LogP contribution is -2.47. The molecule has 3 aliphatic heterocycles. The first kappa shape index (κ1) is 37.7. The maximum Gasteiger partial charge on any atom is 0.257 e. The topological polar surface area (TPSA) is 155 Å². The van der Waals surface area contributed by atoms with Gasteiger partial charge in [-0.3, -0.25) is 19.3 Å². The SMILES string of the molecule is Cc1c(C(=O)Nc2cn(C)cn2)ccc(-c2nn3c(c2C(N)=O)Nc2ccc(N4CCN(CCc5cc(F)c([C@H]6CCCNC6=O)c(F)c5)CC4)cc2CC3)c1F. The molecule has 3 aromatic carbocycles. The zero-order valence-electron chi connectivity index (χ0n) is 31.7. The number of fused-ring (bicyclic) bond motifs is 2. The molecule has 8 rings (SSSR count). The summed E-state index contributed by atoms with van der Waals surface area (Å²) in [6, 6.07) is 11.7. The third-order valence-electron chi connectivity index (χ3n) is 11.2. The van der Waals surface area contributed by atoms with Crippen LogP contribution in [-0.4, -0.2) is 81.2 Å². The standard InChI is InChI=1S/C41H43F3N10O3/c1-23-27(41(57)49-33-21-51(2)22-47-33)6-7-29(36(23)44)37-35(38(45)55)39-48-32-8-5-26(20-25(32)10-13-54(39)50-37)53-16-14-52(15-17-53)12-9-24-18-30(42)34(31(43)19-24)28-4-3-11-46-40(28)56/h5-8,18-22,28,48H,3-4,9-17H2,1-2H3,(H2,45,55)(H,46,56)(H,49,57)/t28-/m1/s1. The number of nitrogens with zero attached hydrogens (tertiary/aromatic N) is 6. The van der Waals surface area contributed by atoms with E-state index in [4.69, 9.17) is 5.73 Å². The van der Waals surface area contributed by atoms with Crippen molar-refractivity contribution in [3.05, 3.63) is 106 Å². The lowest BCUT2D eigenvalue weighted by Gasteiger charge is -2.36. The summed E-state index contributed by atoms with van der Waals surface area (Å²) in [7, 11) is 1.77. The molecule has 0 radical (unpaired) electrons. The number of carbonyl (C=O) groups is 3. The number of imidazole rings is 1. The minimum Gasteiger partial charge on any atom is -0.369 e. The van der Waals surface area contributed by atoms with Gasteiger partial charge in [-0.05, 0) is 91.8 Å². The number of carbonyl (C=O) groups excluding carboxylic acids is 3. The number of aromatic nitrogens is 4. The zero-order valence-corrected chi connectivity index (χ0v) is 31.7. The minimum atomic E-state index is -0.792. The second-order valence-electron chi connectivity index (χ2n) is 14.9. The van der Waals surface area contributed by atoms with E-state index >= 15 is 13.2 Å². The monoisotopic (exact) mass is 780 g/mol. The van der Waals surface area contributed by atoms with Crippen molar-refractivity contribution < 1.29 is 27.6 Å². The van der Waals surface area contributed by atoms with Crippen molar-refractivity contribution in [3.8, 4) is 11.3 Å². The Morgan fingerprint density at radius 2 is 1.79 bits per heavy atom. The number of nitrogens with two attached hydrogens (primary N) is 1. The fourth-order valence-corrected chi connectivity index (χ4v) is 8.09. The average Bonchev–Trinajstić information content (AvgIpc) is 3.71. The van der Waals surface area contributed by atoms with Gasteiger partial charge in [-0.2, -0.15) is 5.10 Å². The van der Waals surface area contributed by atoms with E-state index in [1.807, 2.05) is 12.1 Å². The molecule has 13 nitrogen and oxygen atoms in total. The van der Waals surface area contributed by atoms with Gasteiger partial charge in [0.1, 0.15) is 34.5 Å². The Morgan fingerprint density at radius 3 is 2.49 bits per heavy atom. The number of hydrogen-bond acceptors (Lipinski definition) is 8. The second kappa shape index (κ2) is 15.4. The van der Waals surface area contributed by atoms with Crippen LogP contribution in [0.2, 0.25) is 0 Å². The highest BCUT2D eigenvalue weighted by atomic mass is 19.1. The third kappa shape index (κ3) is 7.44. The van der Waals surface area contributed by atoms with Gasteiger partial charge in [0.2, 0.25) is 5.91 Å². The van der Waals surface area contributed by atoms with E-state index in [0.717, 1.165) is 43.1 Å². The van der Waals surface area contributed by atoms with Gasteiger partial charge in [0, 0.05) is 87.1 Å². The lowest BCUT2D eigenvalue weighted by atomic mass is 9.89. The molecule has 3 aliphatic rings. The van der Waals surface area contributed by atoms with E-state index in [-0.39, 0.29) is 39.4 Å². The molecule has 296 valence electrons. The number of aryl methyl sites for hydroxylation is 3. The van der Waals surface area contributed by atoms with E-state index in [1.165, 1.54) is 37.5 Å². The summed E-state index contributed by atoms with van der Waals surface area (Å²) in [5, 5.41) is 13.4. The number of benzene rings is 3. The molecule has 16 heteroatoms. The molecule has 3 amide bonds. The molecule has 2 fully saturated rings. The van der Waals surface area contributed by atoms with E-state index < -0.39 is 35.2 Å². The van der Waals surface area contributed by atoms with Crippen molar-refractivity contribution in [2.45, 2.75) is 45.1 Å². The molecule has 0 aliphatic carbocycles. The highest BCUT2D eigenvalue weighted by Crippen LogP contribution is 2.38. The Kier molecular flexibility index (Phi) is 10.2. The number of halogens is 3.